The fourth-order valence-corrected chi connectivity index (χ4v) is 2.26. The van der Waals surface area contributed by atoms with Gasteiger partial charge in [-0.25, -0.2) is 4.99 Å². The zero-order valence-corrected chi connectivity index (χ0v) is 14.5. The normalized spacial score (nSPS) is 14.7. The Morgan fingerprint density at radius 2 is 2.13 bits per heavy atom. The molecule has 0 aliphatic heterocycles. The van der Waals surface area contributed by atoms with Crippen LogP contribution in [0.2, 0.25) is 0 Å². The Morgan fingerprint density at radius 1 is 1.30 bits per heavy atom. The predicted octanol–water partition coefficient (Wildman–Crippen LogP) is 2.49. The van der Waals surface area contributed by atoms with Crippen molar-refractivity contribution in [3.8, 4) is 5.75 Å². The molecule has 2 rings (SSSR count). The van der Waals surface area contributed by atoms with Crippen molar-refractivity contribution in [3.05, 3.63) is 29.3 Å². The SMILES string of the molecule is CCNC(=NCc1ccc(C)cc1OC)NCCOCC1CC1. The van der Waals surface area contributed by atoms with Gasteiger partial charge >= 0.3 is 0 Å². The van der Waals surface area contributed by atoms with Crippen molar-refractivity contribution in [1.29, 1.82) is 0 Å². The third kappa shape index (κ3) is 6.48. The van der Waals surface area contributed by atoms with Crippen LogP contribution >= 0.6 is 0 Å². The lowest BCUT2D eigenvalue weighted by Gasteiger charge is -2.12. The molecule has 1 aromatic carbocycles. The highest BCUT2D eigenvalue weighted by atomic mass is 16.5. The maximum absolute atomic E-state index is 5.63. The fourth-order valence-electron chi connectivity index (χ4n) is 2.26. The monoisotopic (exact) mass is 319 g/mol. The van der Waals surface area contributed by atoms with Crippen molar-refractivity contribution in [2.45, 2.75) is 33.2 Å². The van der Waals surface area contributed by atoms with Gasteiger partial charge in [0.25, 0.3) is 0 Å². The molecule has 0 amide bonds. The van der Waals surface area contributed by atoms with Crippen LogP contribution in [0.15, 0.2) is 23.2 Å². The van der Waals surface area contributed by atoms with Gasteiger partial charge in [0.05, 0.1) is 20.3 Å². The maximum atomic E-state index is 5.63. The van der Waals surface area contributed by atoms with E-state index >= 15 is 0 Å². The zero-order chi connectivity index (χ0) is 16.5. The van der Waals surface area contributed by atoms with Crippen LogP contribution in [0.25, 0.3) is 0 Å². The number of hydrogen-bond donors (Lipinski definition) is 2. The lowest BCUT2D eigenvalue weighted by Crippen LogP contribution is -2.39. The molecule has 2 N–H and O–H groups in total. The Morgan fingerprint density at radius 3 is 2.83 bits per heavy atom. The summed E-state index contributed by atoms with van der Waals surface area (Å²) in [6.07, 6.45) is 2.66. The highest BCUT2D eigenvalue weighted by Crippen LogP contribution is 2.28. The quantitative estimate of drug-likeness (QED) is 0.417. The third-order valence-corrected chi connectivity index (χ3v) is 3.78. The largest absolute Gasteiger partial charge is 0.496 e. The van der Waals surface area contributed by atoms with Crippen molar-refractivity contribution in [1.82, 2.24) is 10.6 Å². The lowest BCUT2D eigenvalue weighted by molar-refractivity contribution is 0.129. The summed E-state index contributed by atoms with van der Waals surface area (Å²) in [5.41, 5.74) is 2.27. The molecule has 0 spiro atoms. The molecule has 23 heavy (non-hydrogen) atoms. The number of rotatable bonds is 9. The van der Waals surface area contributed by atoms with Crippen LogP contribution in [-0.4, -0.2) is 39.4 Å². The van der Waals surface area contributed by atoms with Gasteiger partial charge in [-0.3, -0.25) is 0 Å². The van der Waals surface area contributed by atoms with E-state index in [0.717, 1.165) is 49.5 Å². The molecular formula is C18H29N3O2. The van der Waals surface area contributed by atoms with E-state index in [1.54, 1.807) is 7.11 Å². The van der Waals surface area contributed by atoms with Crippen molar-refractivity contribution < 1.29 is 9.47 Å². The number of benzene rings is 1. The number of methoxy groups -OCH3 is 1. The molecule has 1 aliphatic carbocycles. The van der Waals surface area contributed by atoms with Crippen LogP contribution in [0.5, 0.6) is 5.75 Å². The third-order valence-electron chi connectivity index (χ3n) is 3.78. The second-order valence-corrected chi connectivity index (χ2v) is 5.96. The first-order chi connectivity index (χ1) is 11.2. The number of ether oxygens (including phenoxy) is 2. The summed E-state index contributed by atoms with van der Waals surface area (Å²) in [5, 5.41) is 6.56. The van der Waals surface area contributed by atoms with Crippen LogP contribution in [0.4, 0.5) is 0 Å². The minimum absolute atomic E-state index is 0.585. The molecule has 0 radical (unpaired) electrons. The maximum Gasteiger partial charge on any atom is 0.191 e. The molecule has 0 unspecified atom stereocenters. The standard InChI is InChI=1S/C18H29N3O2/c1-4-19-18(20-9-10-23-13-15-6-7-15)21-12-16-8-5-14(2)11-17(16)22-3/h5,8,11,15H,4,6-7,9-10,12-13H2,1-3H3,(H2,19,20,21). The Hall–Kier alpha value is -1.75. The van der Waals surface area contributed by atoms with Crippen molar-refractivity contribution in [2.24, 2.45) is 10.9 Å². The molecule has 0 aromatic heterocycles. The molecule has 1 aliphatic rings. The Bertz CT molecular complexity index is 513. The van der Waals surface area contributed by atoms with Crippen LogP contribution < -0.4 is 15.4 Å². The van der Waals surface area contributed by atoms with Crippen LogP contribution in [0.3, 0.4) is 0 Å². The molecule has 5 heteroatoms. The summed E-state index contributed by atoms with van der Waals surface area (Å²) in [4.78, 5) is 4.63. The van der Waals surface area contributed by atoms with Crippen molar-refractivity contribution >= 4 is 5.96 Å². The van der Waals surface area contributed by atoms with Crippen LogP contribution in [0.1, 0.15) is 30.9 Å². The highest BCUT2D eigenvalue weighted by Gasteiger charge is 2.20. The number of hydrogen-bond acceptors (Lipinski definition) is 3. The first-order valence-corrected chi connectivity index (χ1v) is 8.46. The van der Waals surface area contributed by atoms with E-state index in [9.17, 15) is 0 Å². The van der Waals surface area contributed by atoms with E-state index < -0.39 is 0 Å². The van der Waals surface area contributed by atoms with Gasteiger partial charge in [-0.05, 0) is 44.2 Å². The van der Waals surface area contributed by atoms with Crippen molar-refractivity contribution in [2.75, 3.05) is 33.4 Å². The number of guanidine groups is 1. The molecule has 5 nitrogen and oxygen atoms in total. The molecule has 128 valence electrons. The van der Waals surface area contributed by atoms with Gasteiger partial charge in [0.2, 0.25) is 0 Å². The molecule has 0 atom stereocenters. The van der Waals surface area contributed by atoms with Gasteiger partial charge < -0.3 is 20.1 Å². The van der Waals surface area contributed by atoms with Gasteiger partial charge in [0, 0.05) is 25.3 Å². The lowest BCUT2D eigenvalue weighted by atomic mass is 10.1. The summed E-state index contributed by atoms with van der Waals surface area (Å²) in [5.74, 6) is 2.51. The Labute approximate surface area is 139 Å². The number of nitrogens with zero attached hydrogens (tertiary/aromatic N) is 1. The number of aliphatic imine (C=N–C) groups is 1. The van der Waals surface area contributed by atoms with E-state index in [4.69, 9.17) is 9.47 Å². The molecular weight excluding hydrogens is 290 g/mol. The van der Waals surface area contributed by atoms with Crippen molar-refractivity contribution in [3.63, 3.8) is 0 Å². The molecule has 0 bridgehead atoms. The molecule has 0 saturated heterocycles. The molecule has 1 aromatic rings. The minimum Gasteiger partial charge on any atom is -0.496 e. The molecule has 0 heterocycles. The van der Waals surface area contributed by atoms with Gasteiger partial charge in [-0.15, -0.1) is 0 Å². The van der Waals surface area contributed by atoms with Gasteiger partial charge in [0.15, 0.2) is 5.96 Å². The first kappa shape index (κ1) is 17.6. The summed E-state index contributed by atoms with van der Waals surface area (Å²) in [6.45, 7) is 7.92. The Kier molecular flexibility index (Phi) is 7.20. The first-order valence-electron chi connectivity index (χ1n) is 8.46. The van der Waals surface area contributed by atoms with E-state index in [0.29, 0.717) is 6.54 Å². The average Bonchev–Trinajstić information content (AvgIpc) is 3.37. The second kappa shape index (κ2) is 9.40. The smallest absolute Gasteiger partial charge is 0.191 e. The van der Waals surface area contributed by atoms with E-state index in [2.05, 4.69) is 41.6 Å². The van der Waals surface area contributed by atoms with Crippen LogP contribution in [0, 0.1) is 12.8 Å². The number of nitrogens with one attached hydrogen (secondary N) is 2. The average molecular weight is 319 g/mol. The highest BCUT2D eigenvalue weighted by molar-refractivity contribution is 5.79. The zero-order valence-electron chi connectivity index (χ0n) is 14.5. The van der Waals surface area contributed by atoms with E-state index in [-0.39, 0.29) is 0 Å². The summed E-state index contributed by atoms with van der Waals surface area (Å²) in [6, 6.07) is 6.19. The van der Waals surface area contributed by atoms with Gasteiger partial charge in [-0.2, -0.15) is 0 Å². The summed E-state index contributed by atoms with van der Waals surface area (Å²) in [7, 11) is 1.70. The minimum atomic E-state index is 0.585. The van der Waals surface area contributed by atoms with Gasteiger partial charge in [-0.1, -0.05) is 12.1 Å². The van der Waals surface area contributed by atoms with E-state index in [1.165, 1.54) is 18.4 Å². The van der Waals surface area contributed by atoms with E-state index in [1.807, 2.05) is 6.07 Å². The molecule has 1 fully saturated rings. The summed E-state index contributed by atoms with van der Waals surface area (Å²) < 4.78 is 11.1. The Balaban J connectivity index is 1.81. The predicted molar refractivity (Wildman–Crippen MR) is 94.1 cm³/mol. The van der Waals surface area contributed by atoms with Gasteiger partial charge in [0.1, 0.15) is 5.75 Å². The summed E-state index contributed by atoms with van der Waals surface area (Å²) >= 11 is 0. The molecule has 1 saturated carbocycles. The van der Waals surface area contributed by atoms with Crippen LogP contribution in [-0.2, 0) is 11.3 Å². The topological polar surface area (TPSA) is 54.9 Å². The fraction of sp³-hybridized carbons (Fsp3) is 0.611. The second-order valence-electron chi connectivity index (χ2n) is 5.96. The number of aryl methyl sites for hydroxylation is 1.